The van der Waals surface area contributed by atoms with E-state index in [1.54, 1.807) is 42.5 Å². The molecule has 4 N–H and O–H groups in total. The number of hydrogen-bond donors (Lipinski definition) is 4. The second-order valence-corrected chi connectivity index (χ2v) is 37.0. The minimum atomic E-state index is -0.246. The fourth-order valence-electron chi connectivity index (χ4n) is 15.6. The summed E-state index contributed by atoms with van der Waals surface area (Å²) in [6.45, 7) is 36.2. The van der Waals surface area contributed by atoms with E-state index in [1.165, 1.54) is 12.4 Å². The average Bonchev–Trinajstić information content (AvgIpc) is 1.73. The molecule has 1 aliphatic carbocycles. The van der Waals surface area contributed by atoms with Gasteiger partial charge in [-0.1, -0.05) is 48.5 Å². The summed E-state index contributed by atoms with van der Waals surface area (Å²) >= 11 is 0. The van der Waals surface area contributed by atoms with Crippen LogP contribution in [0.3, 0.4) is 0 Å². The molecule has 0 bridgehead atoms. The van der Waals surface area contributed by atoms with Crippen molar-refractivity contribution in [2.45, 2.75) is 230 Å². The number of rotatable bonds is 30. The molecule has 1 fully saturated rings. The SMILES string of the molecule is CC/C(=C\F)CN1CCc2cc(C(=O)NC(C)(C)C)ccc21.CC/C(=C\F)COc1cc2c(cn1)C(=O)NCC2.CC/C(=C\F)COc1ccc2c(c1)CCN(C(C)(C)C)C2=O.CC/C(=C\F)COc1ccc2c(c1)CCN(C(C)C)C2=O.CC/C(=C\F)COc1ccc2c(c1)CCN(C1CC1)C2=O.CC/C(=C\F)COc1ccc2c(n1)CCNC2=O.CC/C(=C\F)COc1cnc2c(c1)CCNC2=O. The molecule has 0 atom stereocenters. The molecule has 7 aromatic rings. The summed E-state index contributed by atoms with van der Waals surface area (Å²) in [5.74, 6) is 3.37. The smallest absolute Gasteiger partial charge is 0.270 e. The van der Waals surface area contributed by atoms with Crippen molar-refractivity contribution in [3.8, 4) is 34.8 Å². The van der Waals surface area contributed by atoms with E-state index in [0.29, 0.717) is 225 Å². The summed E-state index contributed by atoms with van der Waals surface area (Å²) in [6.07, 6.45) is 19.5. The molecule has 1 saturated carbocycles. The van der Waals surface area contributed by atoms with Gasteiger partial charge in [0.25, 0.3) is 41.4 Å². The van der Waals surface area contributed by atoms with Crippen molar-refractivity contribution in [1.29, 1.82) is 0 Å². The van der Waals surface area contributed by atoms with Crippen LogP contribution in [-0.2, 0) is 44.9 Å². The number of carbonyl (C=O) groups excluding carboxylic acids is 7. The lowest BCUT2D eigenvalue weighted by molar-refractivity contribution is 0.0560. The Morgan fingerprint density at radius 1 is 0.421 bits per heavy atom. The van der Waals surface area contributed by atoms with Gasteiger partial charge >= 0.3 is 0 Å². The van der Waals surface area contributed by atoms with E-state index in [0.717, 1.165) is 138 Å². The zero-order valence-electron chi connectivity index (χ0n) is 83.4. The van der Waals surface area contributed by atoms with Crippen LogP contribution < -0.4 is 54.6 Å². The van der Waals surface area contributed by atoms with Crippen molar-refractivity contribution in [1.82, 2.24) is 50.9 Å². The first-order valence-corrected chi connectivity index (χ1v) is 48.3. The number of pyridine rings is 3. The van der Waals surface area contributed by atoms with Crippen LogP contribution in [0.15, 0.2) is 193 Å². The highest BCUT2D eigenvalue weighted by molar-refractivity contribution is 6.00. The van der Waals surface area contributed by atoms with Gasteiger partial charge in [0.1, 0.15) is 68.3 Å². The molecule has 10 heterocycles. The lowest BCUT2D eigenvalue weighted by Gasteiger charge is -2.39. The number of aromatic nitrogens is 3. The maximum atomic E-state index is 12.8. The number of fused-ring (bicyclic) bond motifs is 7. The average molecular weight is 1940 g/mol. The first-order valence-electron chi connectivity index (χ1n) is 48.3. The van der Waals surface area contributed by atoms with Crippen molar-refractivity contribution in [3.05, 3.63) is 271 Å². The maximum absolute atomic E-state index is 12.8. The second-order valence-electron chi connectivity index (χ2n) is 37.0. The predicted octanol–water partition coefficient (Wildman–Crippen LogP) is 21.2. The minimum Gasteiger partial charge on any atom is -0.489 e. The van der Waals surface area contributed by atoms with Gasteiger partial charge in [0, 0.05) is 128 Å². The number of amides is 7. The Labute approximate surface area is 818 Å². The van der Waals surface area contributed by atoms with Gasteiger partial charge in [-0.3, -0.25) is 33.6 Å². The number of nitrogens with one attached hydrogen (secondary N) is 4. The van der Waals surface area contributed by atoms with E-state index in [9.17, 15) is 64.3 Å². The molecule has 7 aliphatic heterocycles. The largest absolute Gasteiger partial charge is 0.489 e. The van der Waals surface area contributed by atoms with Crippen molar-refractivity contribution < 1.29 is 92.7 Å². The maximum Gasteiger partial charge on any atom is 0.270 e. The summed E-state index contributed by atoms with van der Waals surface area (Å²) < 4.78 is 121. The summed E-state index contributed by atoms with van der Waals surface area (Å²) in [7, 11) is 0. The number of hydrogen-bond acceptors (Lipinski definition) is 17. The fourth-order valence-corrected chi connectivity index (χ4v) is 15.6. The predicted molar refractivity (Wildman–Crippen MR) is 531 cm³/mol. The van der Waals surface area contributed by atoms with Crippen molar-refractivity contribution >= 4 is 47.0 Å². The van der Waals surface area contributed by atoms with E-state index in [2.05, 4.69) is 41.1 Å². The Morgan fingerprint density at radius 2 is 0.850 bits per heavy atom. The van der Waals surface area contributed by atoms with E-state index in [4.69, 9.17) is 28.4 Å². The van der Waals surface area contributed by atoms with E-state index in [-0.39, 0.29) is 98.1 Å². The van der Waals surface area contributed by atoms with Crippen LogP contribution in [0.1, 0.15) is 273 Å². The normalized spacial score (nSPS) is 15.7. The molecule has 754 valence electrons. The van der Waals surface area contributed by atoms with Crippen LogP contribution in [-0.4, -0.2) is 186 Å². The van der Waals surface area contributed by atoms with Crippen LogP contribution in [0.2, 0.25) is 0 Å². The number of ether oxygens (including phenoxy) is 6. The quantitative estimate of drug-likeness (QED) is 0.0305. The molecule has 4 aromatic carbocycles. The molecule has 0 spiro atoms. The molecule has 0 saturated heterocycles. The molecule has 0 unspecified atom stereocenters. The van der Waals surface area contributed by atoms with Crippen LogP contribution in [0, 0.1) is 0 Å². The van der Waals surface area contributed by atoms with E-state index in [1.807, 2.05) is 173 Å². The zero-order valence-corrected chi connectivity index (χ0v) is 83.4. The molecule has 7 amide bonds. The fraction of sp³-hybridized carbons (Fsp3) is 0.450. The molecule has 15 rings (SSSR count). The molecule has 3 aromatic heterocycles. The van der Waals surface area contributed by atoms with Gasteiger partial charge in [0.05, 0.1) is 67.3 Å². The Kier molecular flexibility index (Phi) is 43.0. The third-order valence-corrected chi connectivity index (χ3v) is 24.5. The molecule has 31 heteroatoms. The second kappa shape index (κ2) is 54.5. The third kappa shape index (κ3) is 32.2. The first kappa shape index (κ1) is 111. The minimum absolute atomic E-state index is 0.0494. The van der Waals surface area contributed by atoms with Gasteiger partial charge in [0.15, 0.2) is 0 Å². The molecule has 8 aliphatic rings. The molecule has 0 radical (unpaired) electrons. The van der Waals surface area contributed by atoms with Gasteiger partial charge in [-0.2, -0.15) is 0 Å². The van der Waals surface area contributed by atoms with Gasteiger partial charge in [-0.25, -0.2) is 45.7 Å². The zero-order chi connectivity index (χ0) is 102. The lowest BCUT2D eigenvalue weighted by atomic mass is 9.94. The van der Waals surface area contributed by atoms with E-state index < -0.39 is 0 Å². The Bertz CT molecular complexity index is 5370. The number of carbonyl (C=O) groups is 7. The summed E-state index contributed by atoms with van der Waals surface area (Å²) in [5.41, 5.74) is 16.4. The topological polar surface area (TPSA) is 275 Å². The molecular formula is C109H136F7N11O13. The standard InChI is InChI=1S/C18H25FN2O.C18H24FNO2.C17H20FNO2.C17H22FNO2.3C13H15FN2O2/c1-5-13(11-19)12-21-9-8-14-10-15(6-7-16(14)21)17(22)20-18(2,3)4;1-5-13(11-19)12-22-15-6-7-16-14(10-15)8-9-20(17(16)21)18(2,3)4;1-2-12(10-18)11-21-15-5-6-16-13(9-15)7-8-19(17(16)20)14-3-4-14;1-4-13(10-18)11-21-15-5-6-16-14(9-15)7-8-19(12(2)3)17(16)20;1-2-9(6-14)8-18-12-5-10-3-4-15-13(17)11(10)7-16-12;1-2-9(6-14)8-18-11-5-10-3-4-15-13(17)12(10)16-7-11;1-2-9(7-14)8-18-12-4-3-10-11(16-12)5-6-15-13(10)17/h6-7,10-11H,5,8-9,12H2,1-4H3,(H,20,22);6-7,10-11H,5,8-9,12H2,1-4H3;5-6,9-10,14H,2-4,7-8,11H2,1H3;5-6,9-10,12H,4,7-8,11H2,1-3H3;2*5-7H,2-4,8H2,1H3,(H,15,17);3-4,7H,2,5-6,8H2,1H3,(H,15,17)/b2*13-11+;12-10+;13-10+;2*9-6+;9-7+. The molecule has 24 nitrogen and oxygen atoms in total. The first-order chi connectivity index (χ1) is 67.2. The highest BCUT2D eigenvalue weighted by atomic mass is 19.1. The molecular weight excluding hydrogens is 1800 g/mol. The summed E-state index contributed by atoms with van der Waals surface area (Å²) in [5, 5.41) is 11.2. The Hall–Kier alpha value is -13.1. The number of anilines is 1. The van der Waals surface area contributed by atoms with Crippen LogP contribution >= 0.6 is 0 Å². The summed E-state index contributed by atoms with van der Waals surface area (Å²) in [6, 6.07) is 29.9. The van der Waals surface area contributed by atoms with Crippen molar-refractivity contribution in [2.24, 2.45) is 0 Å². The van der Waals surface area contributed by atoms with Gasteiger partial charge in [-0.05, 0) is 309 Å². The van der Waals surface area contributed by atoms with Crippen LogP contribution in [0.5, 0.6) is 34.8 Å². The van der Waals surface area contributed by atoms with Crippen LogP contribution in [0.25, 0.3) is 0 Å². The molecule has 140 heavy (non-hydrogen) atoms. The van der Waals surface area contributed by atoms with E-state index >= 15 is 0 Å². The Morgan fingerprint density at radius 3 is 1.34 bits per heavy atom. The highest BCUT2D eigenvalue weighted by Gasteiger charge is 2.37. The summed E-state index contributed by atoms with van der Waals surface area (Å²) in [4.78, 5) is 104. The van der Waals surface area contributed by atoms with Crippen molar-refractivity contribution in [3.63, 3.8) is 0 Å². The van der Waals surface area contributed by atoms with Gasteiger partial charge in [0.2, 0.25) is 11.8 Å². The monoisotopic (exact) mass is 1940 g/mol. The highest BCUT2D eigenvalue weighted by Crippen LogP contribution is 2.36. The van der Waals surface area contributed by atoms with Crippen LogP contribution in [0.4, 0.5) is 36.4 Å². The third-order valence-electron chi connectivity index (χ3n) is 24.5. The van der Waals surface area contributed by atoms with Gasteiger partial charge < -0.3 is 69.3 Å². The number of benzene rings is 4. The van der Waals surface area contributed by atoms with Gasteiger partial charge in [-0.15, -0.1) is 0 Å². The Balaban J connectivity index is 0.000000183. The lowest BCUT2D eigenvalue weighted by Crippen LogP contribution is -2.49. The van der Waals surface area contributed by atoms with Crippen molar-refractivity contribution in [2.75, 3.05) is 96.9 Å². The number of nitrogens with zero attached hydrogens (tertiary/aromatic N) is 7. The number of halogens is 7.